The summed E-state index contributed by atoms with van der Waals surface area (Å²) in [5, 5.41) is 0. The molecule has 8 heteroatoms. The Labute approximate surface area is 163 Å². The number of ether oxygens (including phenoxy) is 2. The Bertz CT molecular complexity index is 706. The minimum Gasteiger partial charge on any atom is -0.447 e. The van der Waals surface area contributed by atoms with Crippen molar-refractivity contribution in [3.63, 3.8) is 0 Å². The number of nitrogens with zero attached hydrogens (tertiary/aromatic N) is 2. The molecule has 1 saturated heterocycles. The van der Waals surface area contributed by atoms with Gasteiger partial charge in [0.15, 0.2) is 6.17 Å². The number of carbonyl (C=O) groups excluding carboxylic acids is 3. The van der Waals surface area contributed by atoms with Crippen LogP contribution in [0.1, 0.15) is 31.2 Å². The molecule has 0 aromatic heterocycles. The van der Waals surface area contributed by atoms with Gasteiger partial charge in [-0.2, -0.15) is 0 Å². The SMILES string of the molecule is CN(C(=O)OCc1ccccc1)C1CCC(C(F)C(=O)N2CCOC2=O)CC1. The van der Waals surface area contributed by atoms with Gasteiger partial charge in [0.2, 0.25) is 0 Å². The lowest BCUT2D eigenvalue weighted by molar-refractivity contribution is -0.135. The average Bonchev–Trinajstić information content (AvgIpc) is 3.17. The molecular weight excluding hydrogens is 367 g/mol. The maximum Gasteiger partial charge on any atom is 0.416 e. The second kappa shape index (κ2) is 9.03. The molecular formula is C20H25FN2O5. The van der Waals surface area contributed by atoms with Gasteiger partial charge in [-0.25, -0.2) is 18.9 Å². The van der Waals surface area contributed by atoms with Gasteiger partial charge < -0.3 is 14.4 Å². The van der Waals surface area contributed by atoms with Crippen molar-refractivity contribution in [2.24, 2.45) is 5.92 Å². The van der Waals surface area contributed by atoms with Crippen LogP contribution in [0.15, 0.2) is 30.3 Å². The fourth-order valence-electron chi connectivity index (χ4n) is 3.70. The Kier molecular flexibility index (Phi) is 6.49. The molecule has 152 valence electrons. The lowest BCUT2D eigenvalue weighted by Gasteiger charge is -2.35. The third-order valence-corrected chi connectivity index (χ3v) is 5.46. The zero-order chi connectivity index (χ0) is 20.1. The second-order valence-corrected chi connectivity index (χ2v) is 7.23. The molecule has 3 amide bonds. The highest BCUT2D eigenvalue weighted by atomic mass is 19.1. The molecule has 7 nitrogen and oxygen atoms in total. The van der Waals surface area contributed by atoms with Crippen molar-refractivity contribution in [2.45, 2.75) is 44.5 Å². The molecule has 3 rings (SSSR count). The first kappa shape index (κ1) is 20.1. The Morgan fingerprint density at radius 2 is 1.93 bits per heavy atom. The zero-order valence-corrected chi connectivity index (χ0v) is 15.9. The van der Waals surface area contributed by atoms with Crippen molar-refractivity contribution in [3.8, 4) is 0 Å². The average molecular weight is 392 g/mol. The summed E-state index contributed by atoms with van der Waals surface area (Å²) in [4.78, 5) is 38.3. The van der Waals surface area contributed by atoms with Crippen LogP contribution in [0.4, 0.5) is 14.0 Å². The molecule has 0 N–H and O–H groups in total. The smallest absolute Gasteiger partial charge is 0.416 e. The van der Waals surface area contributed by atoms with Crippen LogP contribution in [0.3, 0.4) is 0 Å². The van der Waals surface area contributed by atoms with Crippen LogP contribution in [0.2, 0.25) is 0 Å². The summed E-state index contributed by atoms with van der Waals surface area (Å²) in [7, 11) is 1.68. The molecule has 1 aromatic rings. The molecule has 28 heavy (non-hydrogen) atoms. The number of amides is 3. The molecule has 2 aliphatic rings. The number of imide groups is 1. The molecule has 1 aliphatic heterocycles. The van der Waals surface area contributed by atoms with Crippen molar-refractivity contribution >= 4 is 18.1 Å². The van der Waals surface area contributed by atoms with E-state index in [1.807, 2.05) is 30.3 Å². The summed E-state index contributed by atoms with van der Waals surface area (Å²) in [6.07, 6.45) is -0.809. The monoisotopic (exact) mass is 392 g/mol. The van der Waals surface area contributed by atoms with Crippen LogP contribution < -0.4 is 0 Å². The predicted molar refractivity (Wildman–Crippen MR) is 98.1 cm³/mol. The third-order valence-electron chi connectivity index (χ3n) is 5.46. The van der Waals surface area contributed by atoms with E-state index in [1.165, 1.54) is 0 Å². The van der Waals surface area contributed by atoms with Crippen LogP contribution >= 0.6 is 0 Å². The molecule has 0 spiro atoms. The maximum absolute atomic E-state index is 14.6. The number of hydrogen-bond acceptors (Lipinski definition) is 5. The number of hydrogen-bond donors (Lipinski definition) is 0. The topological polar surface area (TPSA) is 76.2 Å². The van der Waals surface area contributed by atoms with Gasteiger partial charge in [0.25, 0.3) is 5.91 Å². The lowest BCUT2D eigenvalue weighted by Crippen LogP contribution is -2.44. The molecule has 1 aliphatic carbocycles. The minimum absolute atomic E-state index is 0.0569. The van der Waals surface area contributed by atoms with E-state index in [0.29, 0.717) is 25.7 Å². The molecule has 1 unspecified atom stereocenters. The first-order valence-electron chi connectivity index (χ1n) is 9.53. The summed E-state index contributed by atoms with van der Waals surface area (Å²) < 4.78 is 24.6. The van der Waals surface area contributed by atoms with Crippen LogP contribution in [0.25, 0.3) is 0 Å². The summed E-state index contributed by atoms with van der Waals surface area (Å²) >= 11 is 0. The highest BCUT2D eigenvalue weighted by molar-refractivity contribution is 5.95. The minimum atomic E-state index is -1.72. The zero-order valence-electron chi connectivity index (χ0n) is 15.9. The van der Waals surface area contributed by atoms with E-state index in [0.717, 1.165) is 10.5 Å². The van der Waals surface area contributed by atoms with Crippen molar-refractivity contribution in [2.75, 3.05) is 20.2 Å². The van der Waals surface area contributed by atoms with Gasteiger partial charge >= 0.3 is 12.2 Å². The number of carbonyl (C=O) groups is 3. The van der Waals surface area contributed by atoms with Gasteiger partial charge in [-0.15, -0.1) is 0 Å². The molecule has 1 heterocycles. The van der Waals surface area contributed by atoms with E-state index in [-0.39, 0.29) is 25.8 Å². The molecule has 1 saturated carbocycles. The van der Waals surface area contributed by atoms with E-state index in [4.69, 9.17) is 9.47 Å². The highest BCUT2D eigenvalue weighted by Gasteiger charge is 2.40. The van der Waals surface area contributed by atoms with Crippen molar-refractivity contribution in [1.82, 2.24) is 9.80 Å². The van der Waals surface area contributed by atoms with E-state index >= 15 is 0 Å². The highest BCUT2D eigenvalue weighted by Crippen LogP contribution is 2.32. The van der Waals surface area contributed by atoms with Crippen molar-refractivity contribution < 1.29 is 28.2 Å². The van der Waals surface area contributed by atoms with Gasteiger partial charge in [0.1, 0.15) is 13.2 Å². The normalized spacial score (nSPS) is 23.1. The fraction of sp³-hybridized carbons (Fsp3) is 0.550. The summed E-state index contributed by atoms with van der Waals surface area (Å²) in [5.74, 6) is -1.27. The largest absolute Gasteiger partial charge is 0.447 e. The molecule has 0 radical (unpaired) electrons. The first-order chi connectivity index (χ1) is 13.5. The van der Waals surface area contributed by atoms with Crippen LogP contribution in [0.5, 0.6) is 0 Å². The van der Waals surface area contributed by atoms with Gasteiger partial charge in [0, 0.05) is 13.1 Å². The number of benzene rings is 1. The lowest BCUT2D eigenvalue weighted by atomic mass is 9.82. The van der Waals surface area contributed by atoms with Gasteiger partial charge in [-0.05, 0) is 37.2 Å². The third kappa shape index (κ3) is 4.61. The molecule has 0 bridgehead atoms. The standard InChI is InChI=1S/C20H25FN2O5/c1-22(19(25)28-13-14-5-3-2-4-6-14)16-9-7-15(8-10-16)17(21)18(24)23-11-12-27-20(23)26/h2-6,15-17H,7-13H2,1H3. The van der Waals surface area contributed by atoms with Crippen LogP contribution in [0, 0.1) is 5.92 Å². The fourth-order valence-corrected chi connectivity index (χ4v) is 3.70. The van der Waals surface area contributed by atoms with E-state index < -0.39 is 30.2 Å². The summed E-state index contributed by atoms with van der Waals surface area (Å²) in [6.45, 7) is 0.412. The Balaban J connectivity index is 1.45. The maximum atomic E-state index is 14.6. The Morgan fingerprint density at radius 3 is 2.54 bits per heavy atom. The Hall–Kier alpha value is -2.64. The number of cyclic esters (lactones) is 1. The Morgan fingerprint density at radius 1 is 1.25 bits per heavy atom. The number of alkyl halides is 1. The van der Waals surface area contributed by atoms with E-state index in [9.17, 15) is 18.8 Å². The van der Waals surface area contributed by atoms with Crippen molar-refractivity contribution in [3.05, 3.63) is 35.9 Å². The van der Waals surface area contributed by atoms with E-state index in [1.54, 1.807) is 11.9 Å². The van der Waals surface area contributed by atoms with Crippen LogP contribution in [-0.4, -0.2) is 60.3 Å². The van der Waals surface area contributed by atoms with Gasteiger partial charge in [0.05, 0.1) is 6.54 Å². The van der Waals surface area contributed by atoms with Crippen molar-refractivity contribution in [1.29, 1.82) is 0 Å². The number of halogens is 1. The second-order valence-electron chi connectivity index (χ2n) is 7.23. The first-order valence-corrected chi connectivity index (χ1v) is 9.53. The molecule has 1 aromatic carbocycles. The predicted octanol–water partition coefficient (Wildman–Crippen LogP) is 3.13. The van der Waals surface area contributed by atoms with Crippen LogP contribution in [-0.2, 0) is 20.9 Å². The van der Waals surface area contributed by atoms with E-state index in [2.05, 4.69) is 0 Å². The molecule has 2 fully saturated rings. The van der Waals surface area contributed by atoms with Gasteiger partial charge in [-0.1, -0.05) is 30.3 Å². The van der Waals surface area contributed by atoms with Gasteiger partial charge in [-0.3, -0.25) is 4.79 Å². The summed E-state index contributed by atoms with van der Waals surface area (Å²) in [5.41, 5.74) is 0.909. The molecule has 1 atom stereocenters. The summed E-state index contributed by atoms with van der Waals surface area (Å²) in [6, 6.07) is 9.36. The quantitative estimate of drug-likeness (QED) is 0.770. The number of rotatable bonds is 5.